The zero-order valence-electron chi connectivity index (χ0n) is 16.6. The van der Waals surface area contributed by atoms with E-state index in [9.17, 15) is 9.18 Å². The Kier molecular flexibility index (Phi) is 5.86. The van der Waals surface area contributed by atoms with Crippen LogP contribution < -0.4 is 5.32 Å². The number of aryl methyl sites for hydroxylation is 1. The van der Waals surface area contributed by atoms with Crippen LogP contribution in [-0.4, -0.2) is 17.4 Å². The standard InChI is InChI=1S/C25H22ClFN2O/c1-16-11-22-20(15-29-24(22)14-23(16)26)9-10-28-25(30)19-7-5-17(6-8-19)12-18-3-2-4-21(27)13-18/h2-8,11,13-15,29H,9-10,12H2,1H3,(H,28,30). The third-order valence-corrected chi connectivity index (χ3v) is 5.65. The zero-order chi connectivity index (χ0) is 21.1. The number of aromatic amines is 1. The lowest BCUT2D eigenvalue weighted by Gasteiger charge is -2.07. The first-order valence-electron chi connectivity index (χ1n) is 9.87. The second kappa shape index (κ2) is 8.72. The highest BCUT2D eigenvalue weighted by Gasteiger charge is 2.09. The van der Waals surface area contributed by atoms with Crippen molar-refractivity contribution in [1.82, 2.24) is 10.3 Å². The maximum atomic E-state index is 13.3. The minimum absolute atomic E-state index is 0.105. The van der Waals surface area contributed by atoms with Crippen LogP contribution in [0, 0.1) is 12.7 Å². The van der Waals surface area contributed by atoms with Crippen molar-refractivity contribution in [3.05, 3.63) is 106 Å². The molecule has 0 spiro atoms. The van der Waals surface area contributed by atoms with Gasteiger partial charge in [0.25, 0.3) is 5.91 Å². The van der Waals surface area contributed by atoms with Gasteiger partial charge in [-0.3, -0.25) is 4.79 Å². The molecule has 152 valence electrons. The molecule has 0 saturated heterocycles. The molecule has 0 aliphatic rings. The van der Waals surface area contributed by atoms with Crippen molar-refractivity contribution >= 4 is 28.4 Å². The summed E-state index contributed by atoms with van der Waals surface area (Å²) in [5.74, 6) is -0.344. The lowest BCUT2D eigenvalue weighted by Crippen LogP contribution is -2.25. The third kappa shape index (κ3) is 4.55. The number of nitrogens with one attached hydrogen (secondary N) is 2. The second-order valence-corrected chi connectivity index (χ2v) is 7.88. The van der Waals surface area contributed by atoms with Crippen LogP contribution in [0.25, 0.3) is 10.9 Å². The van der Waals surface area contributed by atoms with Crippen LogP contribution in [0.1, 0.15) is 32.6 Å². The van der Waals surface area contributed by atoms with Gasteiger partial charge in [-0.15, -0.1) is 0 Å². The molecule has 0 aliphatic heterocycles. The summed E-state index contributed by atoms with van der Waals surface area (Å²) in [6.45, 7) is 2.52. The van der Waals surface area contributed by atoms with Crippen molar-refractivity contribution in [3.63, 3.8) is 0 Å². The summed E-state index contributed by atoms with van der Waals surface area (Å²) in [5, 5.41) is 4.85. The molecule has 0 unspecified atom stereocenters. The van der Waals surface area contributed by atoms with E-state index in [-0.39, 0.29) is 11.7 Å². The molecule has 0 radical (unpaired) electrons. The van der Waals surface area contributed by atoms with Gasteiger partial charge in [0.05, 0.1) is 0 Å². The number of benzene rings is 3. The van der Waals surface area contributed by atoms with Crippen molar-refractivity contribution in [2.24, 2.45) is 0 Å². The molecule has 5 heteroatoms. The average Bonchev–Trinajstić information content (AvgIpc) is 3.10. The maximum absolute atomic E-state index is 13.3. The molecule has 1 aromatic heterocycles. The van der Waals surface area contributed by atoms with Gasteiger partial charge in [-0.1, -0.05) is 35.9 Å². The van der Waals surface area contributed by atoms with E-state index in [1.54, 1.807) is 18.2 Å². The maximum Gasteiger partial charge on any atom is 0.251 e. The van der Waals surface area contributed by atoms with Gasteiger partial charge < -0.3 is 10.3 Å². The summed E-state index contributed by atoms with van der Waals surface area (Å²) >= 11 is 6.18. The van der Waals surface area contributed by atoms with Crippen molar-refractivity contribution in [2.75, 3.05) is 6.54 Å². The van der Waals surface area contributed by atoms with Gasteiger partial charge in [-0.05, 0) is 78.4 Å². The highest BCUT2D eigenvalue weighted by Crippen LogP contribution is 2.25. The lowest BCUT2D eigenvalue weighted by molar-refractivity contribution is 0.0954. The van der Waals surface area contributed by atoms with Crippen molar-refractivity contribution in [3.8, 4) is 0 Å². The average molecular weight is 421 g/mol. The van der Waals surface area contributed by atoms with Gasteiger partial charge in [0.2, 0.25) is 0 Å². The molecule has 4 rings (SSSR count). The molecule has 0 saturated carbocycles. The summed E-state index contributed by atoms with van der Waals surface area (Å²) < 4.78 is 13.3. The van der Waals surface area contributed by atoms with Gasteiger partial charge in [-0.2, -0.15) is 0 Å². The van der Waals surface area contributed by atoms with Crippen molar-refractivity contribution in [2.45, 2.75) is 19.8 Å². The van der Waals surface area contributed by atoms with E-state index >= 15 is 0 Å². The Morgan fingerprint density at radius 3 is 2.63 bits per heavy atom. The fraction of sp³-hybridized carbons (Fsp3) is 0.160. The normalized spacial score (nSPS) is 11.0. The summed E-state index contributed by atoms with van der Waals surface area (Å²) in [7, 11) is 0. The summed E-state index contributed by atoms with van der Waals surface area (Å²) in [4.78, 5) is 15.7. The molecule has 3 nitrogen and oxygen atoms in total. The minimum atomic E-state index is -0.239. The Bertz CT molecular complexity index is 1200. The fourth-order valence-corrected chi connectivity index (χ4v) is 3.75. The number of rotatable bonds is 6. The van der Waals surface area contributed by atoms with Gasteiger partial charge in [0.15, 0.2) is 0 Å². The fourth-order valence-electron chi connectivity index (χ4n) is 3.59. The van der Waals surface area contributed by atoms with Crippen LogP contribution >= 0.6 is 11.6 Å². The molecule has 4 aromatic rings. The Labute approximate surface area is 179 Å². The smallest absolute Gasteiger partial charge is 0.251 e. The largest absolute Gasteiger partial charge is 0.361 e. The number of amides is 1. The molecule has 0 bridgehead atoms. The quantitative estimate of drug-likeness (QED) is 0.405. The molecule has 0 aliphatic carbocycles. The van der Waals surface area contributed by atoms with Crippen LogP contribution in [0.3, 0.4) is 0 Å². The Hall–Kier alpha value is -3.11. The molecule has 30 heavy (non-hydrogen) atoms. The number of carbonyl (C=O) groups is 1. The number of hydrogen-bond donors (Lipinski definition) is 2. The Morgan fingerprint density at radius 2 is 1.87 bits per heavy atom. The predicted octanol–water partition coefficient (Wildman–Crippen LogP) is 5.83. The monoisotopic (exact) mass is 420 g/mol. The predicted molar refractivity (Wildman–Crippen MR) is 120 cm³/mol. The zero-order valence-corrected chi connectivity index (χ0v) is 17.4. The third-order valence-electron chi connectivity index (χ3n) is 5.24. The van der Waals surface area contributed by atoms with Gasteiger partial charge in [0.1, 0.15) is 5.82 Å². The lowest BCUT2D eigenvalue weighted by atomic mass is 10.0. The highest BCUT2D eigenvalue weighted by molar-refractivity contribution is 6.32. The topological polar surface area (TPSA) is 44.9 Å². The number of halogens is 2. The van der Waals surface area contributed by atoms with Gasteiger partial charge in [-0.25, -0.2) is 4.39 Å². The number of aromatic nitrogens is 1. The molecule has 3 aromatic carbocycles. The van der Waals surface area contributed by atoms with Crippen molar-refractivity contribution < 1.29 is 9.18 Å². The van der Waals surface area contributed by atoms with E-state index in [4.69, 9.17) is 11.6 Å². The van der Waals surface area contributed by atoms with Gasteiger partial charge >= 0.3 is 0 Å². The number of fused-ring (bicyclic) bond motifs is 1. The molecule has 0 fully saturated rings. The Morgan fingerprint density at radius 1 is 1.07 bits per heavy atom. The number of carbonyl (C=O) groups excluding carboxylic acids is 1. The van der Waals surface area contributed by atoms with E-state index < -0.39 is 0 Å². The second-order valence-electron chi connectivity index (χ2n) is 7.47. The van der Waals surface area contributed by atoms with Crippen LogP contribution in [0.5, 0.6) is 0 Å². The molecule has 1 heterocycles. The van der Waals surface area contributed by atoms with Crippen molar-refractivity contribution in [1.29, 1.82) is 0 Å². The van der Waals surface area contributed by atoms with E-state index in [1.807, 2.05) is 37.4 Å². The first-order chi connectivity index (χ1) is 14.5. The summed E-state index contributed by atoms with van der Waals surface area (Å²) in [5.41, 5.74) is 5.73. The minimum Gasteiger partial charge on any atom is -0.361 e. The highest BCUT2D eigenvalue weighted by atomic mass is 35.5. The molecular weight excluding hydrogens is 399 g/mol. The molecular formula is C25H22ClFN2O. The number of hydrogen-bond acceptors (Lipinski definition) is 1. The summed E-state index contributed by atoms with van der Waals surface area (Å²) in [6.07, 6.45) is 3.32. The number of H-pyrrole nitrogens is 1. The van der Waals surface area contributed by atoms with Crippen LogP contribution in [0.15, 0.2) is 66.9 Å². The van der Waals surface area contributed by atoms with E-state index in [0.717, 1.165) is 44.6 Å². The molecule has 1 amide bonds. The van der Waals surface area contributed by atoms with Gasteiger partial charge in [0, 0.05) is 34.2 Å². The van der Waals surface area contributed by atoms with Crippen LogP contribution in [0.4, 0.5) is 4.39 Å². The van der Waals surface area contributed by atoms with E-state index in [2.05, 4.69) is 16.4 Å². The Balaban J connectivity index is 1.35. The molecule has 0 atom stereocenters. The SMILES string of the molecule is Cc1cc2c(CCNC(=O)c3ccc(Cc4cccc(F)c4)cc3)c[nH]c2cc1Cl. The van der Waals surface area contributed by atoms with Crippen LogP contribution in [-0.2, 0) is 12.8 Å². The summed E-state index contributed by atoms with van der Waals surface area (Å²) in [6, 6.07) is 18.0. The molecule has 2 N–H and O–H groups in total. The van der Waals surface area contributed by atoms with Crippen LogP contribution in [0.2, 0.25) is 5.02 Å². The van der Waals surface area contributed by atoms with E-state index in [0.29, 0.717) is 18.5 Å². The first kappa shape index (κ1) is 20.2. The first-order valence-corrected chi connectivity index (χ1v) is 10.2. The van der Waals surface area contributed by atoms with E-state index in [1.165, 1.54) is 12.1 Å².